The molecule has 1 aliphatic rings. The molecule has 0 radical (unpaired) electrons. The maximum atomic E-state index is 6.34. The van der Waals surface area contributed by atoms with Crippen molar-refractivity contribution < 1.29 is 14.2 Å². The lowest BCUT2D eigenvalue weighted by atomic mass is 9.78. The Morgan fingerprint density at radius 3 is 1.89 bits per heavy atom. The van der Waals surface area contributed by atoms with Crippen LogP contribution in [0.25, 0.3) is 0 Å². The molecule has 1 rings (SSSR count). The fourth-order valence-corrected chi connectivity index (χ4v) is 2.96. The fourth-order valence-electron chi connectivity index (χ4n) is 2.96. The second kappa shape index (κ2) is 7.61. The van der Waals surface area contributed by atoms with Crippen molar-refractivity contribution in [1.29, 1.82) is 0 Å². The molecule has 1 aliphatic carbocycles. The summed E-state index contributed by atoms with van der Waals surface area (Å²) in [6.45, 7) is 8.82. The van der Waals surface area contributed by atoms with E-state index in [1.54, 1.807) is 14.2 Å². The van der Waals surface area contributed by atoms with Crippen LogP contribution in [0.3, 0.4) is 0 Å². The maximum absolute atomic E-state index is 6.34. The topological polar surface area (TPSA) is 27.7 Å². The number of rotatable bonds is 8. The molecule has 0 bridgehead atoms. The third kappa shape index (κ3) is 4.73. The molecule has 0 aromatic carbocycles. The lowest BCUT2D eigenvalue weighted by Crippen LogP contribution is -2.45. The van der Waals surface area contributed by atoms with E-state index >= 15 is 0 Å². The van der Waals surface area contributed by atoms with Crippen LogP contribution >= 0.6 is 0 Å². The summed E-state index contributed by atoms with van der Waals surface area (Å²) >= 11 is 0. The highest BCUT2D eigenvalue weighted by Gasteiger charge is 2.38. The largest absolute Gasteiger partial charge is 0.384 e. The summed E-state index contributed by atoms with van der Waals surface area (Å²) in [5.41, 5.74) is 0.0177. The zero-order valence-corrected chi connectivity index (χ0v) is 13.5. The summed E-state index contributed by atoms with van der Waals surface area (Å²) in [5, 5.41) is 0. The molecular formula is C16H32O3. The van der Waals surface area contributed by atoms with Crippen LogP contribution in [0, 0.1) is 11.3 Å². The molecule has 0 N–H and O–H groups in total. The average Bonchev–Trinajstić information content (AvgIpc) is 2.37. The van der Waals surface area contributed by atoms with Gasteiger partial charge < -0.3 is 14.2 Å². The van der Waals surface area contributed by atoms with Gasteiger partial charge in [0.2, 0.25) is 0 Å². The van der Waals surface area contributed by atoms with E-state index in [1.165, 1.54) is 32.1 Å². The SMILES string of the molecule is COCC(COC)(COC1(C)CCCCC1)C(C)C. The molecule has 3 heteroatoms. The molecule has 1 saturated carbocycles. The number of hydrogen-bond donors (Lipinski definition) is 0. The average molecular weight is 272 g/mol. The first kappa shape index (κ1) is 16.9. The van der Waals surface area contributed by atoms with Crippen LogP contribution < -0.4 is 0 Å². The minimum atomic E-state index is -0.0377. The smallest absolute Gasteiger partial charge is 0.0654 e. The van der Waals surface area contributed by atoms with Gasteiger partial charge >= 0.3 is 0 Å². The van der Waals surface area contributed by atoms with Crippen molar-refractivity contribution in [2.24, 2.45) is 11.3 Å². The van der Waals surface area contributed by atoms with Gasteiger partial charge in [-0.05, 0) is 25.7 Å². The summed E-state index contributed by atoms with van der Waals surface area (Å²) in [6.07, 6.45) is 6.30. The Morgan fingerprint density at radius 2 is 1.47 bits per heavy atom. The van der Waals surface area contributed by atoms with E-state index in [-0.39, 0.29) is 11.0 Å². The number of methoxy groups -OCH3 is 2. The van der Waals surface area contributed by atoms with Crippen LogP contribution in [-0.2, 0) is 14.2 Å². The van der Waals surface area contributed by atoms with Crippen LogP contribution in [0.1, 0.15) is 52.9 Å². The molecule has 0 spiro atoms. The quantitative estimate of drug-likeness (QED) is 0.675. The van der Waals surface area contributed by atoms with Crippen LogP contribution in [0.2, 0.25) is 0 Å². The zero-order chi connectivity index (χ0) is 14.4. The van der Waals surface area contributed by atoms with Crippen molar-refractivity contribution in [2.45, 2.75) is 58.5 Å². The Bertz CT molecular complexity index is 238. The Balaban J connectivity index is 2.65. The molecule has 0 unspecified atom stereocenters. The van der Waals surface area contributed by atoms with E-state index in [1.807, 2.05) is 0 Å². The molecule has 3 nitrogen and oxygen atoms in total. The normalized spacial score (nSPS) is 19.9. The van der Waals surface area contributed by atoms with Gasteiger partial charge in [0.25, 0.3) is 0 Å². The van der Waals surface area contributed by atoms with Crippen molar-refractivity contribution in [3.05, 3.63) is 0 Å². The van der Waals surface area contributed by atoms with Crippen molar-refractivity contribution in [2.75, 3.05) is 34.0 Å². The third-order valence-corrected chi connectivity index (χ3v) is 4.71. The molecule has 114 valence electrons. The maximum Gasteiger partial charge on any atom is 0.0654 e. The van der Waals surface area contributed by atoms with Gasteiger partial charge in [-0.3, -0.25) is 0 Å². The molecule has 0 aromatic heterocycles. The number of hydrogen-bond acceptors (Lipinski definition) is 3. The van der Waals surface area contributed by atoms with E-state index in [0.717, 1.165) is 6.61 Å². The lowest BCUT2D eigenvalue weighted by Gasteiger charge is -2.41. The molecule has 0 aliphatic heterocycles. The Labute approximate surface area is 119 Å². The minimum Gasteiger partial charge on any atom is -0.384 e. The van der Waals surface area contributed by atoms with Crippen LogP contribution in [-0.4, -0.2) is 39.6 Å². The molecule has 0 aromatic rings. The van der Waals surface area contributed by atoms with Gasteiger partial charge in [0.05, 0.1) is 25.4 Å². The van der Waals surface area contributed by atoms with Gasteiger partial charge in [0.1, 0.15) is 0 Å². The highest BCUT2D eigenvalue weighted by atomic mass is 16.5. The van der Waals surface area contributed by atoms with Crippen LogP contribution in [0.5, 0.6) is 0 Å². The van der Waals surface area contributed by atoms with Gasteiger partial charge in [-0.25, -0.2) is 0 Å². The van der Waals surface area contributed by atoms with E-state index in [2.05, 4.69) is 20.8 Å². The zero-order valence-electron chi connectivity index (χ0n) is 13.5. The summed E-state index contributed by atoms with van der Waals surface area (Å²) in [4.78, 5) is 0. The second-order valence-electron chi connectivity index (χ2n) is 6.68. The lowest BCUT2D eigenvalue weighted by molar-refractivity contribution is -0.136. The van der Waals surface area contributed by atoms with Gasteiger partial charge in [-0.1, -0.05) is 33.1 Å². The molecule has 1 fully saturated rings. The van der Waals surface area contributed by atoms with Crippen molar-refractivity contribution >= 4 is 0 Å². The molecule has 0 amide bonds. The second-order valence-corrected chi connectivity index (χ2v) is 6.68. The predicted octanol–water partition coefficient (Wildman–Crippen LogP) is 3.66. The van der Waals surface area contributed by atoms with E-state index < -0.39 is 0 Å². The highest BCUT2D eigenvalue weighted by Crippen LogP contribution is 2.35. The third-order valence-electron chi connectivity index (χ3n) is 4.71. The highest BCUT2D eigenvalue weighted by molar-refractivity contribution is 4.86. The first-order valence-electron chi connectivity index (χ1n) is 7.60. The fraction of sp³-hybridized carbons (Fsp3) is 1.00. The summed E-state index contributed by atoms with van der Waals surface area (Å²) in [7, 11) is 3.52. The monoisotopic (exact) mass is 272 g/mol. The van der Waals surface area contributed by atoms with Gasteiger partial charge in [0, 0.05) is 19.6 Å². The van der Waals surface area contributed by atoms with Crippen LogP contribution in [0.15, 0.2) is 0 Å². The van der Waals surface area contributed by atoms with E-state index in [9.17, 15) is 0 Å². The van der Waals surface area contributed by atoms with Crippen molar-refractivity contribution in [1.82, 2.24) is 0 Å². The van der Waals surface area contributed by atoms with Crippen molar-refractivity contribution in [3.8, 4) is 0 Å². The molecule has 0 atom stereocenters. The van der Waals surface area contributed by atoms with Gasteiger partial charge in [0.15, 0.2) is 0 Å². The molecule has 19 heavy (non-hydrogen) atoms. The Hall–Kier alpha value is -0.120. The van der Waals surface area contributed by atoms with Crippen molar-refractivity contribution in [3.63, 3.8) is 0 Å². The number of ether oxygens (including phenoxy) is 3. The Kier molecular flexibility index (Phi) is 6.78. The van der Waals surface area contributed by atoms with Gasteiger partial charge in [-0.2, -0.15) is 0 Å². The molecule has 0 heterocycles. The first-order chi connectivity index (χ1) is 8.98. The summed E-state index contributed by atoms with van der Waals surface area (Å²) < 4.78 is 17.2. The standard InChI is InChI=1S/C16H32O3/c1-14(2)16(11-17-4,12-18-5)13-19-15(3)9-7-6-8-10-15/h14H,6-13H2,1-5H3. The summed E-state index contributed by atoms with van der Waals surface area (Å²) in [5.74, 6) is 0.472. The Morgan fingerprint density at radius 1 is 0.947 bits per heavy atom. The first-order valence-corrected chi connectivity index (χ1v) is 7.60. The van der Waals surface area contributed by atoms with Gasteiger partial charge in [-0.15, -0.1) is 0 Å². The van der Waals surface area contributed by atoms with E-state index in [4.69, 9.17) is 14.2 Å². The van der Waals surface area contributed by atoms with Crippen LogP contribution in [0.4, 0.5) is 0 Å². The summed E-state index contributed by atoms with van der Waals surface area (Å²) in [6, 6.07) is 0. The molecular weight excluding hydrogens is 240 g/mol. The molecule has 0 saturated heterocycles. The predicted molar refractivity (Wildman–Crippen MR) is 78.5 cm³/mol. The minimum absolute atomic E-state index is 0.0377. The van der Waals surface area contributed by atoms with E-state index in [0.29, 0.717) is 19.1 Å².